The molecule has 0 bridgehead atoms. The summed E-state index contributed by atoms with van der Waals surface area (Å²) in [6, 6.07) is 4.27. The Bertz CT molecular complexity index is 565. The maximum absolute atomic E-state index is 12.9. The Morgan fingerprint density at radius 2 is 1.95 bits per heavy atom. The second-order valence-electron chi connectivity index (χ2n) is 4.19. The zero-order chi connectivity index (χ0) is 14.2. The third-order valence-electron chi connectivity index (χ3n) is 3.02. The lowest BCUT2D eigenvalue weighted by atomic mass is 9.97. The highest BCUT2D eigenvalue weighted by Crippen LogP contribution is 2.36. The standard InChI is InChI=1S/C13H12FNO4/c1-7(17)10-11(8-2-4-9(14)5-3-8)15(6-16)13(19)12(10)18/h2-5,11,16,18H,6H2,1H3. The monoisotopic (exact) mass is 265 g/mol. The third kappa shape index (κ3) is 2.10. The second-order valence-corrected chi connectivity index (χ2v) is 4.19. The van der Waals surface area contributed by atoms with Crippen molar-refractivity contribution in [2.75, 3.05) is 6.73 Å². The molecule has 0 aliphatic carbocycles. The molecule has 1 atom stereocenters. The van der Waals surface area contributed by atoms with Crippen LogP contribution in [0.1, 0.15) is 18.5 Å². The third-order valence-corrected chi connectivity index (χ3v) is 3.02. The lowest BCUT2D eigenvalue weighted by Crippen LogP contribution is -2.31. The van der Waals surface area contributed by atoms with Crippen LogP contribution < -0.4 is 0 Å². The first kappa shape index (κ1) is 13.2. The van der Waals surface area contributed by atoms with Crippen molar-refractivity contribution in [3.8, 4) is 0 Å². The number of nitrogens with zero attached hydrogens (tertiary/aromatic N) is 1. The number of carbonyl (C=O) groups excluding carboxylic acids is 2. The molecule has 0 saturated carbocycles. The first-order valence-corrected chi connectivity index (χ1v) is 5.58. The summed E-state index contributed by atoms with van der Waals surface area (Å²) in [6.45, 7) is 0.567. The van der Waals surface area contributed by atoms with Gasteiger partial charge in [-0.05, 0) is 24.6 Å². The van der Waals surface area contributed by atoms with Crippen molar-refractivity contribution >= 4 is 11.7 Å². The van der Waals surface area contributed by atoms with Crippen molar-refractivity contribution in [1.82, 2.24) is 4.90 Å². The quantitative estimate of drug-likeness (QED) is 0.856. The fraction of sp³-hybridized carbons (Fsp3) is 0.231. The summed E-state index contributed by atoms with van der Waals surface area (Å²) in [5.74, 6) is -2.42. The Balaban J connectivity index is 2.54. The van der Waals surface area contributed by atoms with Gasteiger partial charge in [-0.1, -0.05) is 12.1 Å². The maximum atomic E-state index is 12.9. The van der Waals surface area contributed by atoms with Gasteiger partial charge in [0, 0.05) is 0 Å². The smallest absolute Gasteiger partial charge is 0.291 e. The molecule has 0 saturated heterocycles. The molecule has 1 heterocycles. The summed E-state index contributed by atoms with van der Waals surface area (Å²) in [7, 11) is 0. The van der Waals surface area contributed by atoms with E-state index in [2.05, 4.69) is 0 Å². The van der Waals surface area contributed by atoms with Crippen LogP contribution in [0.15, 0.2) is 35.6 Å². The summed E-state index contributed by atoms with van der Waals surface area (Å²) in [6.07, 6.45) is 0. The lowest BCUT2D eigenvalue weighted by molar-refractivity contribution is -0.133. The molecule has 1 aliphatic rings. The number of halogens is 1. The van der Waals surface area contributed by atoms with Crippen LogP contribution in [0.4, 0.5) is 4.39 Å². The molecule has 2 rings (SSSR count). The minimum Gasteiger partial charge on any atom is -0.503 e. The van der Waals surface area contributed by atoms with Gasteiger partial charge in [-0.3, -0.25) is 9.59 Å². The summed E-state index contributed by atoms with van der Waals surface area (Å²) in [5, 5.41) is 18.9. The van der Waals surface area contributed by atoms with Crippen molar-refractivity contribution in [1.29, 1.82) is 0 Å². The zero-order valence-corrected chi connectivity index (χ0v) is 10.1. The molecule has 0 fully saturated rings. The lowest BCUT2D eigenvalue weighted by Gasteiger charge is -2.24. The highest BCUT2D eigenvalue weighted by atomic mass is 19.1. The molecule has 6 heteroatoms. The topological polar surface area (TPSA) is 77.8 Å². The molecule has 19 heavy (non-hydrogen) atoms. The number of hydrogen-bond acceptors (Lipinski definition) is 4. The predicted molar refractivity (Wildman–Crippen MR) is 63.4 cm³/mol. The number of aliphatic hydroxyl groups is 2. The number of benzene rings is 1. The van der Waals surface area contributed by atoms with Gasteiger partial charge in [-0.25, -0.2) is 4.39 Å². The van der Waals surface area contributed by atoms with E-state index < -0.39 is 36.0 Å². The Morgan fingerprint density at radius 3 is 2.42 bits per heavy atom. The van der Waals surface area contributed by atoms with Crippen molar-refractivity contribution < 1.29 is 24.2 Å². The molecule has 2 N–H and O–H groups in total. The van der Waals surface area contributed by atoms with Gasteiger partial charge in [0.1, 0.15) is 12.5 Å². The summed E-state index contributed by atoms with van der Waals surface area (Å²) >= 11 is 0. The number of Topliss-reactive ketones (excluding diaryl/α,β-unsaturated/α-hetero) is 1. The molecule has 1 unspecified atom stereocenters. The average molecular weight is 265 g/mol. The number of carbonyl (C=O) groups is 2. The van der Waals surface area contributed by atoms with Crippen LogP contribution in [0.25, 0.3) is 0 Å². The van der Waals surface area contributed by atoms with Crippen LogP contribution in [0, 0.1) is 5.82 Å². The average Bonchev–Trinajstić information content (AvgIpc) is 2.63. The molecule has 0 aromatic heterocycles. The molecular formula is C13H12FNO4. The van der Waals surface area contributed by atoms with Crippen LogP contribution in [0.2, 0.25) is 0 Å². The Morgan fingerprint density at radius 1 is 1.37 bits per heavy atom. The van der Waals surface area contributed by atoms with Crippen LogP contribution in [-0.4, -0.2) is 33.5 Å². The summed E-state index contributed by atoms with van der Waals surface area (Å²) < 4.78 is 12.9. The molecule has 1 aliphatic heterocycles. The van der Waals surface area contributed by atoms with E-state index in [1.807, 2.05) is 0 Å². The molecule has 1 aromatic carbocycles. The largest absolute Gasteiger partial charge is 0.503 e. The van der Waals surface area contributed by atoms with Gasteiger partial charge in [0.05, 0.1) is 11.6 Å². The predicted octanol–water partition coefficient (Wildman–Crippen LogP) is 1.06. The van der Waals surface area contributed by atoms with Gasteiger partial charge in [0.25, 0.3) is 5.91 Å². The first-order chi connectivity index (χ1) is 8.97. The molecule has 0 radical (unpaired) electrons. The molecule has 1 aromatic rings. The maximum Gasteiger partial charge on any atom is 0.291 e. The zero-order valence-electron chi connectivity index (χ0n) is 10.1. The number of ketones is 1. The van der Waals surface area contributed by atoms with Crippen molar-refractivity contribution in [2.45, 2.75) is 13.0 Å². The number of hydrogen-bond donors (Lipinski definition) is 2. The fourth-order valence-corrected chi connectivity index (χ4v) is 2.15. The van der Waals surface area contributed by atoms with E-state index in [9.17, 15) is 24.2 Å². The van der Waals surface area contributed by atoms with Gasteiger partial charge < -0.3 is 15.1 Å². The minimum absolute atomic E-state index is 0.0920. The first-order valence-electron chi connectivity index (χ1n) is 5.58. The Hall–Kier alpha value is -2.21. The van der Waals surface area contributed by atoms with E-state index >= 15 is 0 Å². The second kappa shape index (κ2) is 4.81. The van der Waals surface area contributed by atoms with Crippen LogP contribution in [0.3, 0.4) is 0 Å². The molecular weight excluding hydrogens is 253 g/mol. The van der Waals surface area contributed by atoms with Gasteiger partial charge in [-0.15, -0.1) is 0 Å². The van der Waals surface area contributed by atoms with E-state index in [0.29, 0.717) is 5.56 Å². The Kier molecular flexibility index (Phi) is 3.35. The molecule has 0 spiro atoms. The SMILES string of the molecule is CC(=O)C1=C(O)C(=O)N(CO)C1c1ccc(F)cc1. The van der Waals surface area contributed by atoms with E-state index in [4.69, 9.17) is 0 Å². The molecule has 5 nitrogen and oxygen atoms in total. The Labute approximate surface area is 108 Å². The summed E-state index contributed by atoms with van der Waals surface area (Å²) in [4.78, 5) is 24.2. The van der Waals surface area contributed by atoms with E-state index in [-0.39, 0.29) is 5.57 Å². The van der Waals surface area contributed by atoms with Gasteiger partial charge in [-0.2, -0.15) is 0 Å². The van der Waals surface area contributed by atoms with E-state index in [0.717, 1.165) is 4.90 Å². The van der Waals surface area contributed by atoms with Crippen LogP contribution >= 0.6 is 0 Å². The minimum atomic E-state index is -0.893. The van der Waals surface area contributed by atoms with Crippen molar-refractivity contribution in [2.24, 2.45) is 0 Å². The number of aliphatic hydroxyl groups excluding tert-OH is 2. The van der Waals surface area contributed by atoms with Crippen LogP contribution in [-0.2, 0) is 9.59 Å². The molecule has 1 amide bonds. The fourth-order valence-electron chi connectivity index (χ4n) is 2.15. The van der Waals surface area contributed by atoms with E-state index in [1.54, 1.807) is 0 Å². The van der Waals surface area contributed by atoms with Gasteiger partial charge in [0.15, 0.2) is 11.5 Å². The summed E-state index contributed by atoms with van der Waals surface area (Å²) in [5.41, 5.74) is 0.351. The van der Waals surface area contributed by atoms with E-state index in [1.165, 1.54) is 31.2 Å². The van der Waals surface area contributed by atoms with Crippen molar-refractivity contribution in [3.05, 3.63) is 47.0 Å². The van der Waals surface area contributed by atoms with Gasteiger partial charge in [0.2, 0.25) is 0 Å². The van der Waals surface area contributed by atoms with Crippen LogP contribution in [0.5, 0.6) is 0 Å². The highest BCUT2D eigenvalue weighted by Gasteiger charge is 2.41. The number of rotatable bonds is 3. The molecule has 100 valence electrons. The van der Waals surface area contributed by atoms with Crippen molar-refractivity contribution in [3.63, 3.8) is 0 Å². The normalized spacial score (nSPS) is 19.2. The van der Waals surface area contributed by atoms with Gasteiger partial charge >= 0.3 is 0 Å². The highest BCUT2D eigenvalue weighted by molar-refractivity contribution is 6.08. The number of amides is 1.